The van der Waals surface area contributed by atoms with Gasteiger partial charge in [-0.25, -0.2) is 0 Å². The van der Waals surface area contributed by atoms with Crippen LogP contribution in [0.5, 0.6) is 0 Å². The summed E-state index contributed by atoms with van der Waals surface area (Å²) in [4.78, 5) is 9.51. The third kappa shape index (κ3) is 15.4. The van der Waals surface area contributed by atoms with Crippen LogP contribution in [-0.2, 0) is 0 Å². The molecule has 0 spiro atoms. The summed E-state index contributed by atoms with van der Waals surface area (Å²) in [5.41, 5.74) is 0. The van der Waals surface area contributed by atoms with E-state index in [2.05, 4.69) is 6.92 Å². The van der Waals surface area contributed by atoms with E-state index >= 15 is 0 Å². The monoisotopic (exact) mass is 349 g/mol. The second-order valence-corrected chi connectivity index (χ2v) is 4.05. The van der Waals surface area contributed by atoms with Gasteiger partial charge in [0.1, 0.15) is 0 Å². The summed E-state index contributed by atoms with van der Waals surface area (Å²) in [5.74, 6) is 0. The van der Waals surface area contributed by atoms with Crippen LogP contribution in [-0.4, -0.2) is 17.6 Å². The molecule has 5 heteroatoms. The zero-order valence-corrected chi connectivity index (χ0v) is 16.9. The Morgan fingerprint density at radius 3 is 2.06 bits per heavy atom. The van der Waals surface area contributed by atoms with Gasteiger partial charge in [0.2, 0.25) is 0 Å². The molecule has 0 saturated heterocycles. The van der Waals surface area contributed by atoms with Crippen molar-refractivity contribution >= 4 is 0 Å². The maximum atomic E-state index is 11.0. The van der Waals surface area contributed by atoms with Gasteiger partial charge in [-0.15, -0.1) is 0 Å². The van der Waals surface area contributed by atoms with Crippen LogP contribution in [0.2, 0.25) is 0 Å². The average molecular weight is 349 g/mol. The molecule has 16 heavy (non-hydrogen) atoms. The molecule has 1 unspecified atom stereocenters. The van der Waals surface area contributed by atoms with Crippen molar-refractivity contribution in [1.82, 2.24) is 0 Å². The van der Waals surface area contributed by atoms with Crippen LogP contribution in [0.4, 0.5) is 0 Å². The number of nitrogens with zero attached hydrogens (tertiary/aromatic N) is 1. The molecule has 0 saturated carbocycles. The maximum Gasteiger partial charge on any atom is 1.00 e. The first-order chi connectivity index (χ1) is 7.16. The van der Waals surface area contributed by atoms with E-state index in [-0.39, 0.29) is 68.9 Å². The second kappa shape index (κ2) is 14.5. The van der Waals surface area contributed by atoms with Crippen LogP contribution < -0.4 is 74.0 Å². The third-order valence-corrected chi connectivity index (χ3v) is 2.48. The minimum absolute atomic E-state index is 0. The van der Waals surface area contributed by atoms with Crippen molar-refractivity contribution in [2.75, 3.05) is 6.54 Å². The molecule has 0 fully saturated rings. The summed E-state index contributed by atoms with van der Waals surface area (Å²) in [6.45, 7) is 1.76. The molecule has 0 aliphatic carbocycles. The zero-order valence-electron chi connectivity index (χ0n) is 10.6. The number of nitro groups is 1. The van der Waals surface area contributed by atoms with Crippen LogP contribution in [0.25, 0.3) is 0 Å². The first-order valence-electron chi connectivity index (χ1n) is 5.94. The van der Waals surface area contributed by atoms with Crippen LogP contribution >= 0.6 is 0 Å². The standard InChI is InChI=1S/C11H22NO3.Cs/c1-2-3-4-5-6-7-8-9-11(13)10-12(14)15;/h11H,2-10H2,1H3;/q-1;+1. The Hall–Kier alpha value is 1.41. The largest absolute Gasteiger partial charge is 1.00 e. The fourth-order valence-corrected chi connectivity index (χ4v) is 1.59. The molecule has 0 N–H and O–H groups in total. The van der Waals surface area contributed by atoms with Crippen molar-refractivity contribution in [3.05, 3.63) is 10.1 Å². The van der Waals surface area contributed by atoms with Crippen LogP contribution in [0.3, 0.4) is 0 Å². The van der Waals surface area contributed by atoms with Crippen molar-refractivity contribution in [1.29, 1.82) is 0 Å². The molecule has 0 bridgehead atoms. The van der Waals surface area contributed by atoms with Gasteiger partial charge < -0.3 is 5.11 Å². The van der Waals surface area contributed by atoms with E-state index in [1.54, 1.807) is 0 Å². The number of unbranched alkanes of at least 4 members (excludes halogenated alkanes) is 6. The van der Waals surface area contributed by atoms with Gasteiger partial charge in [-0.1, -0.05) is 64.4 Å². The summed E-state index contributed by atoms with van der Waals surface area (Å²) in [6.07, 6.45) is 7.51. The maximum absolute atomic E-state index is 11.0. The van der Waals surface area contributed by atoms with Gasteiger partial charge in [0.25, 0.3) is 0 Å². The number of rotatable bonds is 10. The molecule has 0 aromatic rings. The Balaban J connectivity index is 0. The molecule has 0 radical (unpaired) electrons. The second-order valence-electron chi connectivity index (χ2n) is 4.05. The Morgan fingerprint density at radius 1 is 1.06 bits per heavy atom. The number of hydrogen-bond acceptors (Lipinski definition) is 3. The van der Waals surface area contributed by atoms with Gasteiger partial charge in [-0.05, 0) is 0 Å². The zero-order chi connectivity index (χ0) is 11.5. The molecule has 0 aromatic carbocycles. The fraction of sp³-hybridized carbons (Fsp3) is 1.00. The van der Waals surface area contributed by atoms with Crippen molar-refractivity contribution < 1.29 is 78.9 Å². The van der Waals surface area contributed by atoms with Crippen molar-refractivity contribution in [2.24, 2.45) is 0 Å². The van der Waals surface area contributed by atoms with Gasteiger partial charge in [0.05, 0.1) is 0 Å². The SMILES string of the molecule is CCCCCCCCCC([O-])C[N+](=O)[O-].[Cs+]. The summed E-state index contributed by atoms with van der Waals surface area (Å²) in [7, 11) is 0. The minimum Gasteiger partial charge on any atom is -0.847 e. The molecule has 0 aliphatic rings. The third-order valence-electron chi connectivity index (χ3n) is 2.48. The molecule has 4 nitrogen and oxygen atoms in total. The molecule has 0 aliphatic heterocycles. The number of hydrogen-bond donors (Lipinski definition) is 0. The van der Waals surface area contributed by atoms with Crippen molar-refractivity contribution in [3.63, 3.8) is 0 Å². The van der Waals surface area contributed by atoms with Crippen LogP contribution in [0, 0.1) is 10.1 Å². The summed E-state index contributed by atoms with van der Waals surface area (Å²) in [5, 5.41) is 21.1. The van der Waals surface area contributed by atoms with E-state index < -0.39 is 17.6 Å². The molecule has 0 amide bonds. The summed E-state index contributed by atoms with van der Waals surface area (Å²) >= 11 is 0. The molecular weight excluding hydrogens is 327 g/mol. The minimum atomic E-state index is -1.00. The van der Waals surface area contributed by atoms with Crippen molar-refractivity contribution in [3.8, 4) is 0 Å². The quantitative estimate of drug-likeness (QED) is 0.293. The summed E-state index contributed by atoms with van der Waals surface area (Å²) in [6, 6.07) is 0. The van der Waals surface area contributed by atoms with E-state index in [1.807, 2.05) is 0 Å². The van der Waals surface area contributed by atoms with E-state index in [9.17, 15) is 15.2 Å². The Kier molecular flexibility index (Phi) is 17.9. The predicted octanol–water partition coefficient (Wildman–Crippen LogP) is -0.863. The molecule has 1 atom stereocenters. The Bertz CT molecular complexity index is 167. The first kappa shape index (κ1) is 19.7. The molecule has 0 aromatic heterocycles. The normalized spacial score (nSPS) is 11.9. The van der Waals surface area contributed by atoms with E-state index in [1.165, 1.54) is 25.7 Å². The molecule has 90 valence electrons. The van der Waals surface area contributed by atoms with Gasteiger partial charge >= 0.3 is 68.9 Å². The average Bonchev–Trinajstić information content (AvgIpc) is 2.15. The van der Waals surface area contributed by atoms with Crippen LogP contribution in [0.1, 0.15) is 58.3 Å². The Labute approximate surface area is 157 Å². The molecular formula is C11H22CsNO3. The van der Waals surface area contributed by atoms with Gasteiger partial charge in [-0.3, -0.25) is 10.1 Å². The van der Waals surface area contributed by atoms with E-state index in [4.69, 9.17) is 0 Å². The van der Waals surface area contributed by atoms with E-state index in [0.29, 0.717) is 6.42 Å². The van der Waals surface area contributed by atoms with Crippen LogP contribution in [0.15, 0.2) is 0 Å². The predicted molar refractivity (Wildman–Crippen MR) is 58.3 cm³/mol. The van der Waals surface area contributed by atoms with E-state index in [0.717, 1.165) is 19.3 Å². The first-order valence-corrected chi connectivity index (χ1v) is 5.94. The van der Waals surface area contributed by atoms with Gasteiger partial charge in [-0.2, -0.15) is 0 Å². The summed E-state index contributed by atoms with van der Waals surface area (Å²) < 4.78 is 0. The topological polar surface area (TPSA) is 66.2 Å². The smallest absolute Gasteiger partial charge is 0.847 e. The fourth-order valence-electron chi connectivity index (χ4n) is 1.59. The molecule has 0 rings (SSSR count). The van der Waals surface area contributed by atoms with Gasteiger partial charge in [0, 0.05) is 4.92 Å². The van der Waals surface area contributed by atoms with Gasteiger partial charge in [0.15, 0.2) is 6.54 Å². The van der Waals surface area contributed by atoms with Crippen molar-refractivity contribution in [2.45, 2.75) is 64.4 Å². The Morgan fingerprint density at radius 2 is 1.56 bits per heavy atom. The molecule has 0 heterocycles.